The fourth-order valence-electron chi connectivity index (χ4n) is 3.28. The van der Waals surface area contributed by atoms with Crippen LogP contribution in [-0.4, -0.2) is 10.7 Å². The Hall–Kier alpha value is -1.44. The van der Waals surface area contributed by atoms with Gasteiger partial charge in [-0.2, -0.15) is 0 Å². The third kappa shape index (κ3) is 3.13. The molecule has 23 heavy (non-hydrogen) atoms. The molecule has 0 bridgehead atoms. The Labute approximate surface area is 150 Å². The van der Waals surface area contributed by atoms with E-state index in [1.165, 1.54) is 6.08 Å². The van der Waals surface area contributed by atoms with Crippen molar-refractivity contribution in [1.29, 1.82) is 0 Å². The average Bonchev–Trinajstić information content (AvgIpc) is 2.60. The molecule has 0 saturated carbocycles. The Morgan fingerprint density at radius 1 is 1.48 bits per heavy atom. The highest BCUT2D eigenvalue weighted by atomic mass is 16.5. The molecule has 0 aromatic heterocycles. The average molecular weight is 322 g/mol. The molecule has 126 valence electrons. The van der Waals surface area contributed by atoms with E-state index in [1.807, 2.05) is 6.92 Å². The fourth-order valence-corrected chi connectivity index (χ4v) is 3.28. The Morgan fingerprint density at radius 2 is 2.26 bits per heavy atom. The lowest BCUT2D eigenvalue weighted by Gasteiger charge is -2.46. The smallest absolute Gasteiger partial charge is 0.127 e. The SMILES string of the molecule is [2H]c1c(O)c2c(c([2H])c1C([2H])([2H])CCCC)OC(C)(C)[C@@H]1CC([2H])([2H])C(C)=C[C@@]21[2H]. The first-order valence-corrected chi connectivity index (χ1v) is 8.36. The normalized spacial score (nSPS) is 35.6. The number of phenolic OH excluding ortho intramolecular Hbond substituents is 1. The molecule has 2 heteroatoms. The first-order chi connectivity index (χ1) is 13.6. The zero-order chi connectivity index (χ0) is 22.9. The molecular weight excluding hydrogens is 284 g/mol. The van der Waals surface area contributed by atoms with Crippen molar-refractivity contribution in [3.8, 4) is 11.5 Å². The minimum absolute atomic E-state index is 0.00442. The van der Waals surface area contributed by atoms with Crippen LogP contribution in [0.4, 0.5) is 0 Å². The molecule has 2 atom stereocenters. The van der Waals surface area contributed by atoms with Crippen LogP contribution in [0.1, 0.15) is 86.4 Å². The summed E-state index contributed by atoms with van der Waals surface area (Å²) < 4.78 is 65.9. The molecule has 2 aliphatic rings. The zero-order valence-electron chi connectivity index (χ0n) is 21.3. The van der Waals surface area contributed by atoms with E-state index >= 15 is 0 Å². The number of fused-ring (bicyclic) bond motifs is 3. The van der Waals surface area contributed by atoms with Gasteiger partial charge >= 0.3 is 0 Å². The summed E-state index contributed by atoms with van der Waals surface area (Å²) in [5.41, 5.74) is -0.931. The van der Waals surface area contributed by atoms with Crippen LogP contribution >= 0.6 is 0 Å². The van der Waals surface area contributed by atoms with Gasteiger partial charge in [0.2, 0.25) is 0 Å². The summed E-state index contributed by atoms with van der Waals surface area (Å²) >= 11 is 0. The van der Waals surface area contributed by atoms with Gasteiger partial charge in [-0.25, -0.2) is 0 Å². The van der Waals surface area contributed by atoms with Crippen LogP contribution in [0.2, 0.25) is 0 Å². The van der Waals surface area contributed by atoms with Crippen molar-refractivity contribution in [1.82, 2.24) is 0 Å². The Balaban J connectivity index is 2.33. The van der Waals surface area contributed by atoms with Gasteiger partial charge < -0.3 is 9.84 Å². The highest BCUT2D eigenvalue weighted by molar-refractivity contribution is 5.53. The number of phenols is 1. The maximum Gasteiger partial charge on any atom is 0.127 e. The van der Waals surface area contributed by atoms with Crippen molar-refractivity contribution in [2.45, 2.75) is 77.6 Å². The molecule has 1 aliphatic carbocycles. The molecule has 0 fully saturated rings. The second-order valence-corrected chi connectivity index (χ2v) is 6.88. The number of ether oxygens (including phenoxy) is 1. The Kier molecular flexibility index (Phi) is 2.64. The van der Waals surface area contributed by atoms with Crippen molar-refractivity contribution in [2.24, 2.45) is 5.92 Å². The van der Waals surface area contributed by atoms with E-state index in [1.54, 1.807) is 20.8 Å². The van der Waals surface area contributed by atoms with E-state index in [0.717, 1.165) is 6.42 Å². The van der Waals surface area contributed by atoms with Gasteiger partial charge in [-0.05, 0) is 64.0 Å². The third-order valence-corrected chi connectivity index (χ3v) is 4.60. The lowest BCUT2D eigenvalue weighted by molar-refractivity contribution is 0.0107. The monoisotopic (exact) mass is 321 g/mol. The van der Waals surface area contributed by atoms with Gasteiger partial charge in [0.05, 0.1) is 2.74 Å². The van der Waals surface area contributed by atoms with Crippen LogP contribution in [-0.2, 0) is 6.37 Å². The number of allylic oxidation sites excluding steroid dienone is 2. The fraction of sp³-hybridized carbons (Fsp3) is 0.619. The second-order valence-electron chi connectivity index (χ2n) is 6.88. The number of hydrogen-bond donors (Lipinski definition) is 1. The number of hydrogen-bond acceptors (Lipinski definition) is 2. The molecule has 3 rings (SSSR count). The van der Waals surface area contributed by atoms with Crippen molar-refractivity contribution in [2.75, 3.05) is 0 Å². The van der Waals surface area contributed by atoms with Crippen LogP contribution in [0.5, 0.6) is 11.5 Å². The minimum atomic E-state index is -1.99. The molecule has 0 radical (unpaired) electrons. The standard InChI is InChI=1S/C21H30O2/c1-5-6-7-8-15-12-18(22)20-16-11-14(2)9-10-17(16)21(3,4)23-19(20)13-15/h11-13,16-17,22H,5-10H2,1-4H3/t16-,17-/m1/s1/i8D2,9D2,12D,13D,16D. The lowest BCUT2D eigenvalue weighted by Crippen LogP contribution is -2.45. The maximum atomic E-state index is 11.0. The van der Waals surface area contributed by atoms with Gasteiger partial charge in [0.25, 0.3) is 0 Å². The van der Waals surface area contributed by atoms with Gasteiger partial charge in [-0.1, -0.05) is 31.4 Å². The van der Waals surface area contributed by atoms with Crippen LogP contribution in [0.15, 0.2) is 23.7 Å². The molecule has 1 aromatic carbocycles. The summed E-state index contributed by atoms with van der Waals surface area (Å²) in [5, 5.41) is 11.0. The zero-order valence-corrected chi connectivity index (χ0v) is 14.3. The summed E-state index contributed by atoms with van der Waals surface area (Å²) in [6.45, 7) is 6.98. The quantitative estimate of drug-likeness (QED) is 0.717. The van der Waals surface area contributed by atoms with Crippen LogP contribution in [0, 0.1) is 5.92 Å². The number of aromatic hydroxyl groups is 1. The molecule has 0 amide bonds. The second kappa shape index (κ2) is 6.22. The van der Waals surface area contributed by atoms with Crippen molar-refractivity contribution >= 4 is 0 Å². The minimum Gasteiger partial charge on any atom is -0.507 e. The summed E-state index contributed by atoms with van der Waals surface area (Å²) in [5.74, 6) is -2.89. The van der Waals surface area contributed by atoms with Gasteiger partial charge in [0.1, 0.15) is 17.1 Å². The molecule has 1 N–H and O–H groups in total. The van der Waals surface area contributed by atoms with Crippen LogP contribution in [0.25, 0.3) is 0 Å². The molecule has 0 unspecified atom stereocenters. The Bertz CT molecular complexity index is 907. The van der Waals surface area contributed by atoms with Crippen LogP contribution in [0.3, 0.4) is 0 Å². The Morgan fingerprint density at radius 3 is 3.00 bits per heavy atom. The van der Waals surface area contributed by atoms with E-state index in [4.69, 9.17) is 13.0 Å². The highest BCUT2D eigenvalue weighted by Gasteiger charge is 2.45. The van der Waals surface area contributed by atoms with Crippen LogP contribution < -0.4 is 4.74 Å². The maximum absolute atomic E-state index is 11.0. The van der Waals surface area contributed by atoms with E-state index in [0.29, 0.717) is 12.0 Å². The van der Waals surface area contributed by atoms with E-state index in [2.05, 4.69) is 0 Å². The number of unbranched alkanes of at least 4 members (excludes halogenated alkanes) is 1. The van der Waals surface area contributed by atoms with Gasteiger partial charge in [0, 0.05) is 24.2 Å². The summed E-state index contributed by atoms with van der Waals surface area (Å²) in [7, 11) is 0. The predicted molar refractivity (Wildman–Crippen MR) is 95.3 cm³/mol. The summed E-state index contributed by atoms with van der Waals surface area (Å²) in [6, 6.07) is -0.806. The van der Waals surface area contributed by atoms with E-state index in [-0.39, 0.29) is 35.8 Å². The highest BCUT2D eigenvalue weighted by Crippen LogP contribution is 2.53. The number of benzene rings is 1. The van der Waals surface area contributed by atoms with Crippen molar-refractivity contribution in [3.05, 3.63) is 34.9 Å². The largest absolute Gasteiger partial charge is 0.507 e. The molecule has 0 spiro atoms. The summed E-state index contributed by atoms with van der Waals surface area (Å²) in [6.07, 6.45) is -0.725. The van der Waals surface area contributed by atoms with Crippen molar-refractivity contribution in [3.63, 3.8) is 0 Å². The lowest BCUT2D eigenvalue weighted by atomic mass is 9.68. The molecule has 1 heterocycles. The first kappa shape index (κ1) is 9.76. The predicted octanol–water partition coefficient (Wildman–Crippen LogP) is 5.74. The molecule has 1 aliphatic heterocycles. The molecular formula is C21H30O2. The van der Waals surface area contributed by atoms with E-state index in [9.17, 15) is 6.48 Å². The molecule has 1 aromatic rings. The molecule has 0 saturated heterocycles. The summed E-state index contributed by atoms with van der Waals surface area (Å²) in [4.78, 5) is 0. The molecule has 2 nitrogen and oxygen atoms in total. The number of rotatable bonds is 4. The van der Waals surface area contributed by atoms with Gasteiger partial charge in [0.15, 0.2) is 0 Å². The van der Waals surface area contributed by atoms with Gasteiger partial charge in [-0.15, -0.1) is 0 Å². The topological polar surface area (TPSA) is 29.5 Å². The van der Waals surface area contributed by atoms with E-state index < -0.39 is 42.0 Å². The van der Waals surface area contributed by atoms with Crippen molar-refractivity contribution < 1.29 is 19.4 Å². The van der Waals surface area contributed by atoms with Gasteiger partial charge in [-0.3, -0.25) is 0 Å². The third-order valence-electron chi connectivity index (χ3n) is 4.60. The first-order valence-electron chi connectivity index (χ1n) is 11.9.